The SMILES string of the molecule is Cc1cc(C)n(CC(=O)NC(N)=O)n1. The summed E-state index contributed by atoms with van der Waals surface area (Å²) in [5.74, 6) is -0.469. The Morgan fingerprint density at radius 1 is 1.57 bits per heavy atom. The van der Waals surface area contributed by atoms with Gasteiger partial charge in [0.05, 0.1) is 5.69 Å². The number of nitrogens with two attached hydrogens (primary N) is 1. The first-order chi connectivity index (χ1) is 6.49. The largest absolute Gasteiger partial charge is 0.351 e. The predicted octanol–water partition coefficient (Wildman–Crippen LogP) is -0.305. The number of rotatable bonds is 2. The Kier molecular flexibility index (Phi) is 2.85. The van der Waals surface area contributed by atoms with Crippen molar-refractivity contribution in [2.75, 3.05) is 0 Å². The summed E-state index contributed by atoms with van der Waals surface area (Å²) in [5.41, 5.74) is 6.48. The zero-order valence-electron chi connectivity index (χ0n) is 8.07. The van der Waals surface area contributed by atoms with Crippen molar-refractivity contribution in [2.24, 2.45) is 5.73 Å². The molecule has 76 valence electrons. The Morgan fingerprint density at radius 2 is 2.21 bits per heavy atom. The molecular formula is C8H12N4O2. The number of primary amides is 1. The molecule has 6 nitrogen and oxygen atoms in total. The molecule has 0 unspecified atom stereocenters. The molecule has 1 heterocycles. The zero-order chi connectivity index (χ0) is 10.7. The summed E-state index contributed by atoms with van der Waals surface area (Å²) in [6.07, 6.45) is 0. The number of nitrogens with zero attached hydrogens (tertiary/aromatic N) is 2. The molecule has 0 spiro atoms. The maximum Gasteiger partial charge on any atom is 0.318 e. The Labute approximate surface area is 81.1 Å². The van der Waals surface area contributed by atoms with Crippen LogP contribution in [0.4, 0.5) is 4.79 Å². The third kappa shape index (κ3) is 2.58. The fraction of sp³-hybridized carbons (Fsp3) is 0.375. The second-order valence-corrected chi connectivity index (χ2v) is 3.00. The van der Waals surface area contributed by atoms with E-state index < -0.39 is 11.9 Å². The molecule has 0 aromatic carbocycles. The molecule has 0 aliphatic carbocycles. The molecule has 0 aliphatic rings. The van der Waals surface area contributed by atoms with Crippen molar-refractivity contribution in [3.63, 3.8) is 0 Å². The minimum atomic E-state index is -0.850. The molecule has 0 atom stereocenters. The maximum atomic E-state index is 11.1. The van der Waals surface area contributed by atoms with Crippen molar-refractivity contribution in [3.8, 4) is 0 Å². The number of carbonyl (C=O) groups is 2. The van der Waals surface area contributed by atoms with Gasteiger partial charge in [-0.1, -0.05) is 0 Å². The Hall–Kier alpha value is -1.85. The van der Waals surface area contributed by atoms with Crippen LogP contribution in [0, 0.1) is 13.8 Å². The monoisotopic (exact) mass is 196 g/mol. The molecule has 0 radical (unpaired) electrons. The van der Waals surface area contributed by atoms with Crippen molar-refractivity contribution in [1.82, 2.24) is 15.1 Å². The van der Waals surface area contributed by atoms with Crippen LogP contribution in [0.5, 0.6) is 0 Å². The van der Waals surface area contributed by atoms with Crippen molar-refractivity contribution in [1.29, 1.82) is 0 Å². The van der Waals surface area contributed by atoms with Crippen LogP contribution < -0.4 is 11.1 Å². The molecule has 1 aromatic rings. The van der Waals surface area contributed by atoms with Gasteiger partial charge in [0, 0.05) is 5.69 Å². The van der Waals surface area contributed by atoms with Crippen LogP contribution in [0.15, 0.2) is 6.07 Å². The van der Waals surface area contributed by atoms with Gasteiger partial charge in [0.25, 0.3) is 0 Å². The lowest BCUT2D eigenvalue weighted by atomic mass is 10.4. The van der Waals surface area contributed by atoms with Crippen LogP contribution in [-0.4, -0.2) is 21.7 Å². The third-order valence-corrected chi connectivity index (χ3v) is 1.66. The standard InChI is InChI=1S/C8H12N4O2/c1-5-3-6(2)12(11-5)4-7(13)10-8(9)14/h3H,4H2,1-2H3,(H3,9,10,13,14). The van der Waals surface area contributed by atoms with E-state index in [1.807, 2.05) is 25.2 Å². The van der Waals surface area contributed by atoms with Gasteiger partial charge >= 0.3 is 6.03 Å². The first-order valence-corrected chi connectivity index (χ1v) is 4.09. The summed E-state index contributed by atoms with van der Waals surface area (Å²) < 4.78 is 1.51. The molecular weight excluding hydrogens is 184 g/mol. The van der Waals surface area contributed by atoms with Gasteiger partial charge in [-0.3, -0.25) is 14.8 Å². The van der Waals surface area contributed by atoms with Gasteiger partial charge in [0.2, 0.25) is 5.91 Å². The lowest BCUT2D eigenvalue weighted by molar-refractivity contribution is -0.120. The van der Waals surface area contributed by atoms with Crippen LogP contribution in [0.2, 0.25) is 0 Å². The van der Waals surface area contributed by atoms with Gasteiger partial charge in [-0.15, -0.1) is 0 Å². The third-order valence-electron chi connectivity index (χ3n) is 1.66. The van der Waals surface area contributed by atoms with Gasteiger partial charge in [-0.05, 0) is 19.9 Å². The van der Waals surface area contributed by atoms with Gasteiger partial charge < -0.3 is 5.73 Å². The average molecular weight is 196 g/mol. The molecule has 3 N–H and O–H groups in total. The molecule has 0 bridgehead atoms. The second kappa shape index (κ2) is 3.91. The smallest absolute Gasteiger partial charge is 0.318 e. The highest BCUT2D eigenvalue weighted by atomic mass is 16.2. The van der Waals surface area contributed by atoms with Gasteiger partial charge in [-0.2, -0.15) is 5.10 Å². The molecule has 1 aromatic heterocycles. The van der Waals surface area contributed by atoms with E-state index in [9.17, 15) is 9.59 Å². The molecule has 0 fully saturated rings. The Balaban J connectivity index is 2.64. The molecule has 6 heteroatoms. The Morgan fingerprint density at radius 3 is 2.64 bits per heavy atom. The lowest BCUT2D eigenvalue weighted by Gasteiger charge is -2.02. The molecule has 0 saturated carbocycles. The quantitative estimate of drug-likeness (QED) is 0.680. The molecule has 0 saturated heterocycles. The molecule has 3 amide bonds. The van der Waals surface area contributed by atoms with Gasteiger partial charge in [0.15, 0.2) is 0 Å². The normalized spacial score (nSPS) is 9.86. The fourth-order valence-electron chi connectivity index (χ4n) is 1.15. The zero-order valence-corrected chi connectivity index (χ0v) is 8.07. The number of imide groups is 1. The van der Waals surface area contributed by atoms with Crippen molar-refractivity contribution in [2.45, 2.75) is 20.4 Å². The number of urea groups is 1. The topological polar surface area (TPSA) is 90.0 Å². The summed E-state index contributed by atoms with van der Waals surface area (Å²) in [6.45, 7) is 3.66. The number of hydrogen-bond acceptors (Lipinski definition) is 3. The number of hydrogen-bond donors (Lipinski definition) is 2. The minimum Gasteiger partial charge on any atom is -0.351 e. The van der Waals surface area contributed by atoms with Crippen LogP contribution >= 0.6 is 0 Å². The summed E-state index contributed by atoms with van der Waals surface area (Å²) in [7, 11) is 0. The van der Waals surface area contributed by atoms with E-state index in [0.29, 0.717) is 0 Å². The van der Waals surface area contributed by atoms with E-state index in [0.717, 1.165) is 11.4 Å². The molecule has 1 rings (SSSR count). The first kappa shape index (κ1) is 10.2. The second-order valence-electron chi connectivity index (χ2n) is 3.00. The summed E-state index contributed by atoms with van der Waals surface area (Å²) >= 11 is 0. The highest BCUT2D eigenvalue weighted by Gasteiger charge is 2.07. The van der Waals surface area contributed by atoms with Crippen LogP contribution in [0.3, 0.4) is 0 Å². The number of aromatic nitrogens is 2. The highest BCUT2D eigenvalue weighted by molar-refractivity contribution is 5.93. The van der Waals surface area contributed by atoms with Crippen LogP contribution in [0.25, 0.3) is 0 Å². The number of nitrogens with one attached hydrogen (secondary N) is 1. The van der Waals surface area contributed by atoms with Gasteiger partial charge in [-0.25, -0.2) is 4.79 Å². The van der Waals surface area contributed by atoms with E-state index in [-0.39, 0.29) is 6.54 Å². The van der Waals surface area contributed by atoms with E-state index >= 15 is 0 Å². The number of carbonyl (C=O) groups excluding carboxylic acids is 2. The number of amides is 3. The predicted molar refractivity (Wildman–Crippen MR) is 49.4 cm³/mol. The van der Waals surface area contributed by atoms with E-state index in [2.05, 4.69) is 5.10 Å². The van der Waals surface area contributed by atoms with Crippen LogP contribution in [-0.2, 0) is 11.3 Å². The lowest BCUT2D eigenvalue weighted by Crippen LogP contribution is -2.37. The molecule has 14 heavy (non-hydrogen) atoms. The molecule has 0 aliphatic heterocycles. The summed E-state index contributed by atoms with van der Waals surface area (Å²) in [5, 5.41) is 6.03. The minimum absolute atomic E-state index is 0.00259. The van der Waals surface area contributed by atoms with E-state index in [1.54, 1.807) is 0 Å². The van der Waals surface area contributed by atoms with Crippen molar-refractivity contribution in [3.05, 3.63) is 17.5 Å². The highest BCUT2D eigenvalue weighted by Crippen LogP contribution is 2.00. The van der Waals surface area contributed by atoms with Crippen molar-refractivity contribution >= 4 is 11.9 Å². The van der Waals surface area contributed by atoms with Crippen LogP contribution in [0.1, 0.15) is 11.4 Å². The average Bonchev–Trinajstić information content (AvgIpc) is 2.28. The van der Waals surface area contributed by atoms with Crippen molar-refractivity contribution < 1.29 is 9.59 Å². The summed E-state index contributed by atoms with van der Waals surface area (Å²) in [4.78, 5) is 21.5. The summed E-state index contributed by atoms with van der Waals surface area (Å²) in [6, 6.07) is 0.994. The number of aryl methyl sites for hydroxylation is 2. The Bertz CT molecular complexity index is 369. The first-order valence-electron chi connectivity index (χ1n) is 4.09. The fourth-order valence-corrected chi connectivity index (χ4v) is 1.15. The van der Waals surface area contributed by atoms with E-state index in [4.69, 9.17) is 5.73 Å². The van der Waals surface area contributed by atoms with E-state index in [1.165, 1.54) is 4.68 Å². The maximum absolute atomic E-state index is 11.1. The van der Waals surface area contributed by atoms with Gasteiger partial charge in [0.1, 0.15) is 6.54 Å².